The highest BCUT2D eigenvalue weighted by Crippen LogP contribution is 2.11. The molecule has 0 aliphatic rings. The van der Waals surface area contributed by atoms with E-state index in [0.717, 1.165) is 0 Å². The Morgan fingerprint density at radius 3 is 2.08 bits per heavy atom. The molecule has 0 bridgehead atoms. The lowest BCUT2D eigenvalue weighted by Gasteiger charge is -2.24. The van der Waals surface area contributed by atoms with E-state index in [1.54, 1.807) is 0 Å². The third kappa shape index (κ3) is 10.4. The Hall–Kier alpha value is -1.59. The highest BCUT2D eigenvalue weighted by atomic mass is 28.4. The number of Topliss-reactive ketones (excluding diaryl/α,β-unsaturated/α-hetero) is 1. The van der Waals surface area contributed by atoms with Crippen LogP contribution in [0.15, 0.2) is 12.2 Å². The molecule has 0 radical (unpaired) electrons. The highest BCUT2D eigenvalue weighted by Gasteiger charge is 2.36. The first-order valence-corrected chi connectivity index (χ1v) is 10.1. The molecule has 10 heteroatoms. The van der Waals surface area contributed by atoms with Gasteiger partial charge in [0, 0.05) is 39.4 Å². The van der Waals surface area contributed by atoms with Crippen molar-refractivity contribution >= 4 is 26.5 Å². The zero-order chi connectivity index (χ0) is 20.0. The van der Waals surface area contributed by atoms with E-state index in [-0.39, 0.29) is 44.0 Å². The summed E-state index contributed by atoms with van der Waals surface area (Å²) in [5.41, 5.74) is 0.274. The van der Waals surface area contributed by atoms with Gasteiger partial charge >= 0.3 is 20.7 Å². The summed E-state index contributed by atoms with van der Waals surface area (Å²) in [5.74, 6) is -1.17. The Bertz CT molecular complexity index is 471. The molecule has 0 saturated heterocycles. The summed E-state index contributed by atoms with van der Waals surface area (Å²) in [7, 11) is 1.92. The Labute approximate surface area is 155 Å². The molecule has 26 heavy (non-hydrogen) atoms. The molecule has 0 aromatic carbocycles. The van der Waals surface area contributed by atoms with E-state index < -0.39 is 20.7 Å². The fourth-order valence-electron chi connectivity index (χ4n) is 1.84. The van der Waals surface area contributed by atoms with Crippen LogP contribution in [0.3, 0.4) is 0 Å². The third-order valence-electron chi connectivity index (χ3n) is 3.40. The normalized spacial score (nSPS) is 11.1. The number of ether oxygens (including phenoxy) is 2. The van der Waals surface area contributed by atoms with Gasteiger partial charge in [0.05, 0.1) is 13.0 Å². The van der Waals surface area contributed by atoms with Crippen molar-refractivity contribution in [3.63, 3.8) is 0 Å². The van der Waals surface area contributed by atoms with Crippen molar-refractivity contribution in [2.45, 2.75) is 25.8 Å². The topological polar surface area (TPSA) is 109 Å². The predicted octanol–water partition coefficient (Wildman–Crippen LogP) is 0.466. The maximum absolute atomic E-state index is 11.7. The molecule has 0 unspecified atom stereocenters. The van der Waals surface area contributed by atoms with Crippen LogP contribution < -0.4 is 5.32 Å². The second kappa shape index (κ2) is 13.6. The Morgan fingerprint density at radius 2 is 1.54 bits per heavy atom. The van der Waals surface area contributed by atoms with Crippen LogP contribution in [0.5, 0.6) is 0 Å². The fourth-order valence-corrected chi connectivity index (χ4v) is 3.44. The van der Waals surface area contributed by atoms with E-state index >= 15 is 0 Å². The minimum absolute atomic E-state index is 0.0259. The average Bonchev–Trinajstić information content (AvgIpc) is 2.64. The molecular weight excluding hydrogens is 362 g/mol. The van der Waals surface area contributed by atoms with Crippen molar-refractivity contribution in [1.29, 1.82) is 0 Å². The van der Waals surface area contributed by atoms with Gasteiger partial charge in [-0.3, -0.25) is 9.59 Å². The Balaban J connectivity index is 3.80. The quantitative estimate of drug-likeness (QED) is 0.184. The second-order valence-corrected chi connectivity index (χ2v) is 8.49. The van der Waals surface area contributed by atoms with Crippen LogP contribution >= 0.6 is 0 Å². The molecule has 150 valence electrons. The average molecular weight is 391 g/mol. The number of carbonyl (C=O) groups is 3. The molecule has 0 aliphatic heterocycles. The van der Waals surface area contributed by atoms with E-state index in [9.17, 15) is 14.4 Å². The molecule has 0 amide bonds. The maximum atomic E-state index is 11.7. The summed E-state index contributed by atoms with van der Waals surface area (Å²) in [6, 6.07) is 0.523. The van der Waals surface area contributed by atoms with E-state index in [1.807, 2.05) is 0 Å². The van der Waals surface area contributed by atoms with Gasteiger partial charge in [0.15, 0.2) is 0 Å². The maximum Gasteiger partial charge on any atom is 0.501 e. The number of ketones is 1. The van der Waals surface area contributed by atoms with Gasteiger partial charge in [-0.05, 0) is 13.5 Å². The van der Waals surface area contributed by atoms with Gasteiger partial charge in [0.2, 0.25) is 0 Å². The molecule has 9 nitrogen and oxygen atoms in total. The molecule has 0 aromatic rings. The van der Waals surface area contributed by atoms with Gasteiger partial charge in [-0.25, -0.2) is 4.79 Å². The van der Waals surface area contributed by atoms with Crippen molar-refractivity contribution < 1.29 is 37.1 Å². The predicted molar refractivity (Wildman–Crippen MR) is 95.4 cm³/mol. The van der Waals surface area contributed by atoms with Crippen molar-refractivity contribution in [1.82, 2.24) is 5.32 Å². The monoisotopic (exact) mass is 391 g/mol. The number of esters is 2. The van der Waals surface area contributed by atoms with Crippen molar-refractivity contribution in [2.24, 2.45) is 0 Å². The van der Waals surface area contributed by atoms with Crippen LogP contribution in [-0.4, -0.2) is 74.2 Å². The van der Waals surface area contributed by atoms with E-state index in [2.05, 4.69) is 11.9 Å². The standard InChI is InChI=1S/C16H29NO8Si/c1-13(2)16(20)25-10-9-24-15(19)7-6-14(18)12-17-8-11-26(21-3,22-4)23-5/h17H,1,6-12H2,2-5H3. The third-order valence-corrected chi connectivity index (χ3v) is 6.13. The molecule has 0 aromatic heterocycles. The molecule has 0 aliphatic carbocycles. The summed E-state index contributed by atoms with van der Waals surface area (Å²) < 4.78 is 25.5. The summed E-state index contributed by atoms with van der Waals surface area (Å²) >= 11 is 0. The number of hydrogen-bond donors (Lipinski definition) is 1. The Morgan fingerprint density at radius 1 is 0.962 bits per heavy atom. The number of carbonyl (C=O) groups excluding carboxylic acids is 3. The molecule has 0 atom stereocenters. The van der Waals surface area contributed by atoms with E-state index in [1.165, 1.54) is 28.3 Å². The minimum atomic E-state index is -2.65. The SMILES string of the molecule is C=C(C)C(=O)OCCOC(=O)CCC(=O)CNCC[Si](OC)(OC)OC. The van der Waals surface area contributed by atoms with Crippen LogP contribution in [0.1, 0.15) is 19.8 Å². The number of hydrogen-bond acceptors (Lipinski definition) is 9. The lowest BCUT2D eigenvalue weighted by Crippen LogP contribution is -2.45. The number of rotatable bonds is 15. The van der Waals surface area contributed by atoms with Gasteiger partial charge in [-0.15, -0.1) is 0 Å². The largest absolute Gasteiger partial charge is 0.501 e. The zero-order valence-corrected chi connectivity index (χ0v) is 16.9. The molecule has 1 N–H and O–H groups in total. The molecule has 0 fully saturated rings. The molecule has 0 saturated carbocycles. The van der Waals surface area contributed by atoms with Crippen LogP contribution in [0.2, 0.25) is 6.04 Å². The van der Waals surface area contributed by atoms with Gasteiger partial charge in [0.1, 0.15) is 19.0 Å². The summed E-state index contributed by atoms with van der Waals surface area (Å²) in [6.45, 7) is 5.48. The van der Waals surface area contributed by atoms with E-state index in [4.69, 9.17) is 22.8 Å². The van der Waals surface area contributed by atoms with Crippen LogP contribution in [-0.2, 0) is 37.1 Å². The van der Waals surface area contributed by atoms with Gasteiger partial charge in [-0.2, -0.15) is 0 Å². The minimum Gasteiger partial charge on any atom is -0.462 e. The molecule has 0 heterocycles. The van der Waals surface area contributed by atoms with Crippen molar-refractivity contribution in [2.75, 3.05) is 47.6 Å². The lowest BCUT2D eigenvalue weighted by atomic mass is 10.2. The first-order chi connectivity index (χ1) is 12.3. The van der Waals surface area contributed by atoms with Crippen LogP contribution in [0.4, 0.5) is 0 Å². The summed E-state index contributed by atoms with van der Waals surface area (Å²) in [4.78, 5) is 34.4. The molecular formula is C16H29NO8Si. The van der Waals surface area contributed by atoms with Crippen LogP contribution in [0, 0.1) is 0 Å². The first kappa shape index (κ1) is 24.4. The van der Waals surface area contributed by atoms with Gasteiger partial charge in [-0.1, -0.05) is 6.58 Å². The van der Waals surface area contributed by atoms with E-state index in [0.29, 0.717) is 12.6 Å². The van der Waals surface area contributed by atoms with Gasteiger partial charge < -0.3 is 28.1 Å². The van der Waals surface area contributed by atoms with Gasteiger partial charge in [0.25, 0.3) is 0 Å². The Kier molecular flexibility index (Phi) is 12.8. The molecule has 0 rings (SSSR count). The number of nitrogens with one attached hydrogen (secondary N) is 1. The molecule has 0 spiro atoms. The highest BCUT2D eigenvalue weighted by molar-refractivity contribution is 6.60. The lowest BCUT2D eigenvalue weighted by molar-refractivity contribution is -0.150. The van der Waals surface area contributed by atoms with Crippen molar-refractivity contribution in [3.8, 4) is 0 Å². The summed E-state index contributed by atoms with van der Waals surface area (Å²) in [5, 5.41) is 2.97. The smallest absolute Gasteiger partial charge is 0.462 e. The fraction of sp³-hybridized carbons (Fsp3) is 0.688. The zero-order valence-electron chi connectivity index (χ0n) is 15.9. The summed E-state index contributed by atoms with van der Waals surface area (Å²) in [6.07, 6.45) is 0.0423. The second-order valence-electron chi connectivity index (χ2n) is 5.40. The first-order valence-electron chi connectivity index (χ1n) is 8.16. The van der Waals surface area contributed by atoms with Crippen molar-refractivity contribution in [3.05, 3.63) is 12.2 Å². The van der Waals surface area contributed by atoms with Crippen LogP contribution in [0.25, 0.3) is 0 Å².